The highest BCUT2D eigenvalue weighted by molar-refractivity contribution is 7.91. The summed E-state index contributed by atoms with van der Waals surface area (Å²) in [5.74, 6) is 0.648. The van der Waals surface area contributed by atoms with Crippen LogP contribution in [0.3, 0.4) is 0 Å². The van der Waals surface area contributed by atoms with Gasteiger partial charge in [0.05, 0.1) is 36.2 Å². The summed E-state index contributed by atoms with van der Waals surface area (Å²) < 4.78 is 37.7. The number of rotatable bonds is 8. The van der Waals surface area contributed by atoms with Crippen LogP contribution in [0.4, 0.5) is 5.69 Å². The fourth-order valence-electron chi connectivity index (χ4n) is 4.25. The lowest BCUT2D eigenvalue weighted by Crippen LogP contribution is -2.39. The van der Waals surface area contributed by atoms with Crippen molar-refractivity contribution < 1.29 is 22.7 Å². The molecule has 3 rings (SSSR count). The van der Waals surface area contributed by atoms with E-state index < -0.39 is 9.84 Å². The van der Waals surface area contributed by atoms with Crippen LogP contribution in [0, 0.1) is 13.8 Å². The van der Waals surface area contributed by atoms with Gasteiger partial charge in [-0.05, 0) is 56.0 Å². The molecule has 2 aromatic rings. The molecule has 1 fully saturated rings. The summed E-state index contributed by atoms with van der Waals surface area (Å²) in [5, 5.41) is 6.12. The van der Waals surface area contributed by atoms with Crippen molar-refractivity contribution in [1.29, 1.82) is 0 Å². The van der Waals surface area contributed by atoms with Gasteiger partial charge in [0.2, 0.25) is 15.7 Å². The molecule has 174 valence electrons. The quantitative estimate of drug-likeness (QED) is 0.618. The van der Waals surface area contributed by atoms with Crippen LogP contribution in [-0.2, 0) is 14.6 Å². The van der Waals surface area contributed by atoms with Crippen molar-refractivity contribution >= 4 is 21.4 Å². The van der Waals surface area contributed by atoms with E-state index in [9.17, 15) is 13.2 Å². The van der Waals surface area contributed by atoms with Crippen LogP contribution < -0.4 is 20.1 Å². The summed E-state index contributed by atoms with van der Waals surface area (Å²) in [5.41, 5.74) is 1.93. The molecule has 0 heterocycles. The number of nitrogens with one attached hydrogen (secondary N) is 2. The molecule has 8 heteroatoms. The van der Waals surface area contributed by atoms with Gasteiger partial charge in [0.15, 0.2) is 11.5 Å². The molecule has 0 unspecified atom stereocenters. The molecule has 2 N–H and O–H groups in total. The average Bonchev–Trinajstić information content (AvgIpc) is 2.77. The standard InChI is InChI=1S/C24H32N2O5S/c1-16-12-17(2)24(32(28,29)19-10-11-21(30-3)22(14-19)31-4)20(13-16)25-15-23(27)26-18-8-6-5-7-9-18/h10-14,18,25H,5-9,15H2,1-4H3,(H,26,27). The molecular formula is C24H32N2O5S. The van der Waals surface area contributed by atoms with Gasteiger partial charge in [0, 0.05) is 12.1 Å². The zero-order valence-corrected chi connectivity index (χ0v) is 20.0. The maximum absolute atomic E-state index is 13.6. The Bertz CT molecular complexity index is 1080. The molecule has 0 bridgehead atoms. The fourth-order valence-corrected chi connectivity index (χ4v) is 5.89. The molecule has 0 atom stereocenters. The Balaban J connectivity index is 1.88. The summed E-state index contributed by atoms with van der Waals surface area (Å²) >= 11 is 0. The Kier molecular flexibility index (Phi) is 7.66. The predicted octanol–water partition coefficient (Wildman–Crippen LogP) is 4.01. The number of benzene rings is 2. The molecule has 0 aromatic heterocycles. The number of anilines is 1. The monoisotopic (exact) mass is 460 g/mol. The third-order valence-electron chi connectivity index (χ3n) is 5.76. The van der Waals surface area contributed by atoms with E-state index in [1.54, 1.807) is 19.1 Å². The van der Waals surface area contributed by atoms with Crippen LogP contribution in [0.15, 0.2) is 40.1 Å². The van der Waals surface area contributed by atoms with Gasteiger partial charge in [0.25, 0.3) is 0 Å². The van der Waals surface area contributed by atoms with Gasteiger partial charge in [-0.3, -0.25) is 4.79 Å². The molecule has 32 heavy (non-hydrogen) atoms. The molecule has 7 nitrogen and oxygen atoms in total. The summed E-state index contributed by atoms with van der Waals surface area (Å²) in [6, 6.07) is 8.30. The third-order valence-corrected chi connectivity index (χ3v) is 7.72. The Labute approximate surface area is 190 Å². The van der Waals surface area contributed by atoms with Crippen molar-refractivity contribution in [2.75, 3.05) is 26.1 Å². The molecule has 0 saturated heterocycles. The molecule has 0 radical (unpaired) electrons. The topological polar surface area (TPSA) is 93.7 Å². The molecule has 1 saturated carbocycles. The van der Waals surface area contributed by atoms with Gasteiger partial charge < -0.3 is 20.1 Å². The lowest BCUT2D eigenvalue weighted by atomic mass is 9.95. The van der Waals surface area contributed by atoms with Gasteiger partial charge in [-0.15, -0.1) is 0 Å². The predicted molar refractivity (Wildman–Crippen MR) is 124 cm³/mol. The fraction of sp³-hybridized carbons (Fsp3) is 0.458. The second kappa shape index (κ2) is 10.3. The number of carbonyl (C=O) groups is 1. The summed E-state index contributed by atoms with van der Waals surface area (Å²) in [6.45, 7) is 3.66. The second-order valence-corrected chi connectivity index (χ2v) is 10.1. The second-order valence-electron chi connectivity index (χ2n) is 8.23. The Morgan fingerprint density at radius 2 is 1.69 bits per heavy atom. The van der Waals surface area contributed by atoms with E-state index in [1.165, 1.54) is 32.8 Å². The molecule has 1 aliphatic carbocycles. The van der Waals surface area contributed by atoms with Crippen LogP contribution in [0.1, 0.15) is 43.2 Å². The van der Waals surface area contributed by atoms with Gasteiger partial charge in [-0.2, -0.15) is 0 Å². The van der Waals surface area contributed by atoms with E-state index in [4.69, 9.17) is 9.47 Å². The molecule has 0 spiro atoms. The van der Waals surface area contributed by atoms with Crippen molar-refractivity contribution in [1.82, 2.24) is 5.32 Å². The first-order valence-corrected chi connectivity index (χ1v) is 12.4. The lowest BCUT2D eigenvalue weighted by Gasteiger charge is -2.23. The number of ether oxygens (including phenoxy) is 2. The zero-order valence-electron chi connectivity index (χ0n) is 19.2. The first-order valence-electron chi connectivity index (χ1n) is 10.9. The van der Waals surface area contributed by atoms with Crippen LogP contribution in [0.25, 0.3) is 0 Å². The number of aryl methyl sites for hydroxylation is 2. The highest BCUT2D eigenvalue weighted by atomic mass is 32.2. The van der Waals surface area contributed by atoms with Crippen molar-refractivity contribution in [3.05, 3.63) is 41.5 Å². The SMILES string of the molecule is COc1ccc(S(=O)(=O)c2c(C)cc(C)cc2NCC(=O)NC2CCCCC2)cc1OC. The molecule has 0 aliphatic heterocycles. The highest BCUT2D eigenvalue weighted by Gasteiger charge is 2.26. The molecule has 1 aliphatic rings. The summed E-state index contributed by atoms with van der Waals surface area (Å²) in [6.07, 6.45) is 5.46. The lowest BCUT2D eigenvalue weighted by molar-refractivity contribution is -0.120. The third kappa shape index (κ3) is 5.35. The normalized spacial score (nSPS) is 14.6. The van der Waals surface area contributed by atoms with Crippen molar-refractivity contribution in [3.63, 3.8) is 0 Å². The minimum Gasteiger partial charge on any atom is -0.493 e. The number of methoxy groups -OCH3 is 2. The number of amides is 1. The smallest absolute Gasteiger partial charge is 0.239 e. The largest absolute Gasteiger partial charge is 0.493 e. The first kappa shape index (κ1) is 23.9. The maximum atomic E-state index is 13.6. The van der Waals surface area contributed by atoms with E-state index >= 15 is 0 Å². The van der Waals surface area contributed by atoms with Gasteiger partial charge in [-0.25, -0.2) is 8.42 Å². The molecule has 1 amide bonds. The average molecular weight is 461 g/mol. The number of carbonyl (C=O) groups excluding carboxylic acids is 1. The first-order chi connectivity index (χ1) is 15.3. The van der Waals surface area contributed by atoms with Gasteiger partial charge in [-0.1, -0.05) is 25.3 Å². The zero-order chi connectivity index (χ0) is 23.3. The highest BCUT2D eigenvalue weighted by Crippen LogP contribution is 2.36. The molecule has 2 aromatic carbocycles. The van der Waals surface area contributed by atoms with Crippen molar-refractivity contribution in [3.8, 4) is 11.5 Å². The van der Waals surface area contributed by atoms with Crippen molar-refractivity contribution in [2.45, 2.75) is 61.8 Å². The van der Waals surface area contributed by atoms with E-state index in [2.05, 4.69) is 10.6 Å². The summed E-state index contributed by atoms with van der Waals surface area (Å²) in [4.78, 5) is 12.7. The number of sulfone groups is 1. The Morgan fingerprint density at radius 1 is 1.00 bits per heavy atom. The van der Waals surface area contributed by atoms with Gasteiger partial charge >= 0.3 is 0 Å². The summed E-state index contributed by atoms with van der Waals surface area (Å²) in [7, 11) is -0.921. The van der Waals surface area contributed by atoms with Gasteiger partial charge in [0.1, 0.15) is 0 Å². The van der Waals surface area contributed by atoms with Crippen LogP contribution >= 0.6 is 0 Å². The Morgan fingerprint density at radius 3 is 2.34 bits per heavy atom. The Hall–Kier alpha value is -2.74. The van der Waals surface area contributed by atoms with E-state index in [-0.39, 0.29) is 28.3 Å². The van der Waals surface area contributed by atoms with Crippen LogP contribution in [0.5, 0.6) is 11.5 Å². The van der Waals surface area contributed by atoms with E-state index in [0.717, 1.165) is 31.2 Å². The molecular weight excluding hydrogens is 428 g/mol. The van der Waals surface area contributed by atoms with Crippen molar-refractivity contribution in [2.24, 2.45) is 0 Å². The van der Waals surface area contributed by atoms with Crippen LogP contribution in [0.2, 0.25) is 0 Å². The van der Waals surface area contributed by atoms with E-state index in [0.29, 0.717) is 22.7 Å². The minimum atomic E-state index is -3.88. The number of hydrogen-bond donors (Lipinski definition) is 2. The van der Waals surface area contributed by atoms with E-state index in [1.807, 2.05) is 13.0 Å². The minimum absolute atomic E-state index is 0.00778. The number of hydrogen-bond acceptors (Lipinski definition) is 6. The van der Waals surface area contributed by atoms with Crippen LogP contribution in [-0.4, -0.2) is 41.1 Å². The maximum Gasteiger partial charge on any atom is 0.239 e.